The normalized spacial score (nSPS) is 12.0. The topological polar surface area (TPSA) is 48.0 Å². The molecule has 0 saturated heterocycles. The second-order valence-electron chi connectivity index (χ2n) is 6.13. The molecule has 1 aromatic heterocycles. The van der Waals surface area contributed by atoms with E-state index in [0.29, 0.717) is 5.56 Å². The Balaban J connectivity index is 2.71. The fourth-order valence-corrected chi connectivity index (χ4v) is 2.41. The van der Waals surface area contributed by atoms with E-state index in [0.717, 1.165) is 11.3 Å². The summed E-state index contributed by atoms with van der Waals surface area (Å²) in [6.07, 6.45) is 0. The van der Waals surface area contributed by atoms with Gasteiger partial charge in [-0.3, -0.25) is 4.79 Å². The third kappa shape index (κ3) is 3.05. The van der Waals surface area contributed by atoms with Crippen LogP contribution in [0.15, 0.2) is 41.2 Å². The fraction of sp³-hybridized carbons (Fsp3) is 0.353. The zero-order valence-corrected chi connectivity index (χ0v) is 12.9. The Morgan fingerprint density at radius 2 is 1.67 bits per heavy atom. The largest absolute Gasteiger partial charge is 0.322 e. The van der Waals surface area contributed by atoms with Gasteiger partial charge >= 0.3 is 0 Å². The maximum atomic E-state index is 13.1. The molecule has 0 radical (unpaired) electrons. The molecule has 0 spiro atoms. The molecule has 3 nitrogen and oxygen atoms in total. The van der Waals surface area contributed by atoms with Crippen LogP contribution in [-0.2, 0) is 5.54 Å². The van der Waals surface area contributed by atoms with Crippen molar-refractivity contribution in [1.82, 2.24) is 4.57 Å². The minimum atomic E-state index is -0.699. The Morgan fingerprint density at radius 1 is 1.10 bits per heavy atom. The minimum absolute atomic E-state index is 0.0140. The van der Waals surface area contributed by atoms with Crippen molar-refractivity contribution in [1.29, 1.82) is 0 Å². The van der Waals surface area contributed by atoms with Crippen molar-refractivity contribution in [3.8, 4) is 11.3 Å². The fourth-order valence-electron chi connectivity index (χ4n) is 2.41. The summed E-state index contributed by atoms with van der Waals surface area (Å²) in [6, 6.07) is 9.77. The summed E-state index contributed by atoms with van der Waals surface area (Å²) in [5, 5.41) is 0. The molecule has 1 aromatic carbocycles. The van der Waals surface area contributed by atoms with Crippen molar-refractivity contribution < 1.29 is 4.39 Å². The Morgan fingerprint density at radius 3 is 2.14 bits per heavy atom. The van der Waals surface area contributed by atoms with Gasteiger partial charge in [0.15, 0.2) is 0 Å². The van der Waals surface area contributed by atoms with Gasteiger partial charge in [0.25, 0.3) is 5.56 Å². The maximum Gasteiger partial charge on any atom is 0.256 e. The van der Waals surface area contributed by atoms with E-state index in [1.54, 1.807) is 22.8 Å². The van der Waals surface area contributed by atoms with Crippen LogP contribution in [0.3, 0.4) is 0 Å². The molecule has 21 heavy (non-hydrogen) atoms. The summed E-state index contributed by atoms with van der Waals surface area (Å²) >= 11 is 0. The SMILES string of the molecule is CC(C)n1c(-c2ccc(F)cc2)ccc(C(C)(C)N)c1=O. The molecule has 112 valence electrons. The van der Waals surface area contributed by atoms with Crippen molar-refractivity contribution in [2.45, 2.75) is 39.3 Å². The first kappa shape index (κ1) is 15.4. The number of hydrogen-bond donors (Lipinski definition) is 1. The highest BCUT2D eigenvalue weighted by atomic mass is 19.1. The van der Waals surface area contributed by atoms with E-state index in [9.17, 15) is 9.18 Å². The minimum Gasteiger partial charge on any atom is -0.322 e. The van der Waals surface area contributed by atoms with Gasteiger partial charge in [-0.15, -0.1) is 0 Å². The molecule has 4 heteroatoms. The standard InChI is InChI=1S/C17H21FN2O/c1-11(2)20-15(12-5-7-13(18)8-6-12)10-9-14(16(20)21)17(3,4)19/h5-11H,19H2,1-4H3. The van der Waals surface area contributed by atoms with Crippen LogP contribution in [0.4, 0.5) is 4.39 Å². The average molecular weight is 288 g/mol. The molecule has 0 saturated carbocycles. The molecule has 0 aliphatic carbocycles. The molecular formula is C17H21FN2O. The number of pyridine rings is 1. The monoisotopic (exact) mass is 288 g/mol. The summed E-state index contributed by atoms with van der Waals surface area (Å²) in [4.78, 5) is 12.7. The van der Waals surface area contributed by atoms with Crippen LogP contribution in [0, 0.1) is 5.82 Å². The predicted octanol–water partition coefficient (Wildman–Crippen LogP) is 3.43. The van der Waals surface area contributed by atoms with Gasteiger partial charge < -0.3 is 10.3 Å². The molecule has 0 amide bonds. The first-order valence-electron chi connectivity index (χ1n) is 7.02. The van der Waals surface area contributed by atoms with Crippen molar-refractivity contribution in [3.63, 3.8) is 0 Å². The predicted molar refractivity (Wildman–Crippen MR) is 83.7 cm³/mol. The number of halogens is 1. The highest BCUT2D eigenvalue weighted by Gasteiger charge is 2.22. The second-order valence-corrected chi connectivity index (χ2v) is 6.13. The Bertz CT molecular complexity index is 694. The third-order valence-corrected chi connectivity index (χ3v) is 3.47. The highest BCUT2D eigenvalue weighted by molar-refractivity contribution is 5.60. The van der Waals surface area contributed by atoms with Gasteiger partial charge in [-0.1, -0.05) is 0 Å². The van der Waals surface area contributed by atoms with Crippen LogP contribution in [0.5, 0.6) is 0 Å². The molecule has 0 atom stereocenters. The Hall–Kier alpha value is -1.94. The molecule has 1 heterocycles. The van der Waals surface area contributed by atoms with Crippen molar-refractivity contribution >= 4 is 0 Å². The Labute approximate surface area is 124 Å². The maximum absolute atomic E-state index is 13.1. The lowest BCUT2D eigenvalue weighted by Crippen LogP contribution is -2.38. The number of aromatic nitrogens is 1. The van der Waals surface area contributed by atoms with Gasteiger partial charge in [-0.05, 0) is 69.7 Å². The molecule has 0 bridgehead atoms. The number of nitrogens with zero attached hydrogens (tertiary/aromatic N) is 1. The molecule has 2 N–H and O–H groups in total. The quantitative estimate of drug-likeness (QED) is 0.940. The Kier molecular flexibility index (Phi) is 4.01. The van der Waals surface area contributed by atoms with E-state index < -0.39 is 5.54 Å². The van der Waals surface area contributed by atoms with Crippen LogP contribution in [0.25, 0.3) is 11.3 Å². The number of nitrogens with two attached hydrogens (primary N) is 1. The molecular weight excluding hydrogens is 267 g/mol. The van der Waals surface area contributed by atoms with Gasteiger partial charge in [0.1, 0.15) is 5.82 Å². The zero-order valence-electron chi connectivity index (χ0n) is 12.9. The molecule has 2 aromatic rings. The van der Waals surface area contributed by atoms with Crippen LogP contribution < -0.4 is 11.3 Å². The average Bonchev–Trinajstić information content (AvgIpc) is 2.37. The van der Waals surface area contributed by atoms with E-state index in [4.69, 9.17) is 5.73 Å². The first-order valence-corrected chi connectivity index (χ1v) is 7.02. The van der Waals surface area contributed by atoms with Crippen LogP contribution >= 0.6 is 0 Å². The molecule has 0 aliphatic rings. The van der Waals surface area contributed by atoms with Crippen LogP contribution in [0.1, 0.15) is 39.3 Å². The summed E-state index contributed by atoms with van der Waals surface area (Å²) in [6.45, 7) is 7.52. The van der Waals surface area contributed by atoms with Gasteiger partial charge in [-0.25, -0.2) is 4.39 Å². The van der Waals surface area contributed by atoms with E-state index in [2.05, 4.69) is 0 Å². The molecule has 0 fully saturated rings. The van der Waals surface area contributed by atoms with Crippen molar-refractivity contribution in [2.75, 3.05) is 0 Å². The van der Waals surface area contributed by atoms with Gasteiger partial charge in [0.2, 0.25) is 0 Å². The lowest BCUT2D eigenvalue weighted by molar-refractivity contribution is 0.517. The van der Waals surface area contributed by atoms with Gasteiger partial charge in [-0.2, -0.15) is 0 Å². The molecule has 0 aliphatic heterocycles. The smallest absolute Gasteiger partial charge is 0.256 e. The van der Waals surface area contributed by atoms with E-state index >= 15 is 0 Å². The van der Waals surface area contributed by atoms with Gasteiger partial charge in [0.05, 0.1) is 5.69 Å². The van der Waals surface area contributed by atoms with Crippen molar-refractivity contribution in [3.05, 3.63) is 58.1 Å². The number of benzene rings is 1. The third-order valence-electron chi connectivity index (χ3n) is 3.47. The lowest BCUT2D eigenvalue weighted by atomic mass is 9.95. The van der Waals surface area contributed by atoms with Crippen LogP contribution in [-0.4, -0.2) is 4.57 Å². The summed E-state index contributed by atoms with van der Waals surface area (Å²) < 4.78 is 14.8. The summed E-state index contributed by atoms with van der Waals surface area (Å²) in [7, 11) is 0. The number of hydrogen-bond acceptors (Lipinski definition) is 2. The van der Waals surface area contributed by atoms with Crippen molar-refractivity contribution in [2.24, 2.45) is 5.73 Å². The van der Waals surface area contributed by atoms with E-state index in [1.165, 1.54) is 12.1 Å². The van der Waals surface area contributed by atoms with Gasteiger partial charge in [0, 0.05) is 17.1 Å². The molecule has 0 unspecified atom stereocenters. The lowest BCUT2D eigenvalue weighted by Gasteiger charge is -2.23. The van der Waals surface area contributed by atoms with Crippen LogP contribution in [0.2, 0.25) is 0 Å². The summed E-state index contributed by atoms with van der Waals surface area (Å²) in [5.41, 5.74) is 7.42. The zero-order chi connectivity index (χ0) is 15.8. The first-order chi connectivity index (χ1) is 9.71. The number of rotatable bonds is 3. The van der Waals surface area contributed by atoms with E-state index in [1.807, 2.05) is 33.8 Å². The molecule has 2 rings (SSSR count). The second kappa shape index (κ2) is 5.45. The highest BCUT2D eigenvalue weighted by Crippen LogP contribution is 2.23. The van der Waals surface area contributed by atoms with E-state index in [-0.39, 0.29) is 17.4 Å². The summed E-state index contributed by atoms with van der Waals surface area (Å²) in [5.74, 6) is -0.295.